The molecule has 0 aromatic heterocycles. The Balaban J connectivity index is 1.30. The smallest absolute Gasteiger partial charge is 0.00669 e. The van der Waals surface area contributed by atoms with Gasteiger partial charge in [-0.3, -0.25) is 0 Å². The highest BCUT2D eigenvalue weighted by Crippen LogP contribution is 2.33. The van der Waals surface area contributed by atoms with Crippen molar-refractivity contribution in [2.75, 3.05) is 26.2 Å². The summed E-state index contributed by atoms with van der Waals surface area (Å²) >= 11 is 0. The average molecular weight is 272 g/mol. The van der Waals surface area contributed by atoms with Crippen molar-refractivity contribution in [3.05, 3.63) is 35.4 Å². The summed E-state index contributed by atoms with van der Waals surface area (Å²) in [6.45, 7) is 7.30. The minimum atomic E-state index is 0.764. The molecule has 1 fully saturated rings. The fourth-order valence-corrected chi connectivity index (χ4v) is 3.72. The topological polar surface area (TPSA) is 15.3 Å². The van der Waals surface area contributed by atoms with Crippen LogP contribution in [0, 0.1) is 0 Å². The summed E-state index contributed by atoms with van der Waals surface area (Å²) in [4.78, 5) is 2.67. The van der Waals surface area contributed by atoms with Gasteiger partial charge in [-0.05, 0) is 63.4 Å². The third-order valence-corrected chi connectivity index (χ3v) is 5.09. The molecule has 0 spiro atoms. The van der Waals surface area contributed by atoms with Crippen LogP contribution in [0.2, 0.25) is 0 Å². The molecule has 2 unspecified atom stereocenters. The quantitative estimate of drug-likeness (QED) is 0.800. The Kier molecular flexibility index (Phi) is 4.74. The lowest BCUT2D eigenvalue weighted by Gasteiger charge is -2.33. The van der Waals surface area contributed by atoms with Crippen LogP contribution in [0.1, 0.15) is 49.7 Å². The van der Waals surface area contributed by atoms with Gasteiger partial charge in [0.1, 0.15) is 0 Å². The van der Waals surface area contributed by atoms with Gasteiger partial charge in [-0.1, -0.05) is 30.7 Å². The molecule has 0 saturated carbocycles. The van der Waals surface area contributed by atoms with Crippen molar-refractivity contribution in [1.82, 2.24) is 10.2 Å². The van der Waals surface area contributed by atoms with Gasteiger partial charge in [-0.2, -0.15) is 0 Å². The number of nitrogens with one attached hydrogen (secondary N) is 1. The number of benzene rings is 1. The van der Waals surface area contributed by atoms with Crippen molar-refractivity contribution >= 4 is 0 Å². The normalized spacial score (nSPS) is 26.1. The molecule has 2 aliphatic rings. The van der Waals surface area contributed by atoms with E-state index in [0.717, 1.165) is 18.5 Å². The Labute approximate surface area is 123 Å². The highest BCUT2D eigenvalue weighted by Gasteiger charge is 2.24. The lowest BCUT2D eigenvalue weighted by molar-refractivity contribution is 0.159. The molecular formula is C18H28N2. The lowest BCUT2D eigenvalue weighted by Crippen LogP contribution is -2.39. The van der Waals surface area contributed by atoms with Gasteiger partial charge in [0.2, 0.25) is 0 Å². The summed E-state index contributed by atoms with van der Waals surface area (Å²) in [6, 6.07) is 9.69. The average Bonchev–Trinajstić information content (AvgIpc) is 2.45. The highest BCUT2D eigenvalue weighted by molar-refractivity contribution is 5.40. The summed E-state index contributed by atoms with van der Waals surface area (Å²) in [5.74, 6) is 0.764. The Morgan fingerprint density at radius 3 is 3.00 bits per heavy atom. The molecule has 1 N–H and O–H groups in total. The Morgan fingerprint density at radius 1 is 1.25 bits per heavy atom. The van der Waals surface area contributed by atoms with Gasteiger partial charge in [-0.25, -0.2) is 0 Å². The molecule has 1 aromatic rings. The fraction of sp³-hybridized carbons (Fsp3) is 0.667. The Morgan fingerprint density at radius 2 is 2.15 bits per heavy atom. The van der Waals surface area contributed by atoms with Gasteiger partial charge in [-0.15, -0.1) is 0 Å². The van der Waals surface area contributed by atoms with E-state index in [1.165, 1.54) is 51.7 Å². The van der Waals surface area contributed by atoms with Crippen LogP contribution in [-0.2, 0) is 6.42 Å². The molecule has 1 saturated heterocycles. The zero-order valence-electron chi connectivity index (χ0n) is 12.8. The minimum Gasteiger partial charge on any atom is -0.316 e. The van der Waals surface area contributed by atoms with Crippen LogP contribution >= 0.6 is 0 Å². The van der Waals surface area contributed by atoms with Gasteiger partial charge in [0.05, 0.1) is 0 Å². The first-order valence-corrected chi connectivity index (χ1v) is 8.37. The van der Waals surface area contributed by atoms with Gasteiger partial charge in [0, 0.05) is 18.5 Å². The number of piperidine rings is 1. The molecule has 1 aliphatic carbocycles. The third kappa shape index (κ3) is 3.24. The molecule has 2 nitrogen and oxygen atoms in total. The van der Waals surface area contributed by atoms with Crippen molar-refractivity contribution in [3.8, 4) is 0 Å². The number of rotatable bonds is 6. The summed E-state index contributed by atoms with van der Waals surface area (Å²) in [6.07, 6.45) is 6.78. The Bertz CT molecular complexity index is 429. The SMILES string of the molecule is CC1CCCCN1CCCNCC1Cc2ccccc21. The van der Waals surface area contributed by atoms with E-state index in [9.17, 15) is 0 Å². The first kappa shape index (κ1) is 14.1. The maximum atomic E-state index is 3.66. The molecule has 0 radical (unpaired) electrons. The molecule has 2 heteroatoms. The maximum absolute atomic E-state index is 3.66. The maximum Gasteiger partial charge on any atom is 0.00669 e. The van der Waals surface area contributed by atoms with E-state index in [-0.39, 0.29) is 0 Å². The van der Waals surface area contributed by atoms with Crippen LogP contribution in [0.25, 0.3) is 0 Å². The molecule has 20 heavy (non-hydrogen) atoms. The second-order valence-corrected chi connectivity index (χ2v) is 6.54. The van der Waals surface area contributed by atoms with Gasteiger partial charge >= 0.3 is 0 Å². The van der Waals surface area contributed by atoms with E-state index in [2.05, 4.69) is 41.4 Å². The molecule has 1 aliphatic heterocycles. The number of likely N-dealkylation sites (tertiary alicyclic amines) is 1. The number of fused-ring (bicyclic) bond motifs is 1. The molecule has 110 valence electrons. The van der Waals surface area contributed by atoms with Crippen LogP contribution in [0.5, 0.6) is 0 Å². The van der Waals surface area contributed by atoms with Crippen molar-refractivity contribution < 1.29 is 0 Å². The van der Waals surface area contributed by atoms with Crippen LogP contribution in [0.15, 0.2) is 24.3 Å². The predicted octanol–water partition coefficient (Wildman–Crippen LogP) is 3.18. The number of hydrogen-bond donors (Lipinski definition) is 1. The van der Waals surface area contributed by atoms with E-state index >= 15 is 0 Å². The fourth-order valence-electron chi connectivity index (χ4n) is 3.72. The van der Waals surface area contributed by atoms with E-state index in [1.54, 1.807) is 11.1 Å². The van der Waals surface area contributed by atoms with E-state index in [0.29, 0.717) is 0 Å². The molecule has 2 atom stereocenters. The monoisotopic (exact) mass is 272 g/mol. The van der Waals surface area contributed by atoms with Crippen LogP contribution in [-0.4, -0.2) is 37.1 Å². The third-order valence-electron chi connectivity index (χ3n) is 5.09. The molecule has 3 rings (SSSR count). The summed E-state index contributed by atoms with van der Waals surface area (Å²) in [7, 11) is 0. The predicted molar refractivity (Wildman–Crippen MR) is 85.3 cm³/mol. The van der Waals surface area contributed by atoms with Crippen LogP contribution < -0.4 is 5.32 Å². The molecular weight excluding hydrogens is 244 g/mol. The number of nitrogens with zero attached hydrogens (tertiary/aromatic N) is 1. The minimum absolute atomic E-state index is 0.764. The van der Waals surface area contributed by atoms with E-state index in [4.69, 9.17) is 0 Å². The number of hydrogen-bond acceptors (Lipinski definition) is 2. The van der Waals surface area contributed by atoms with Crippen LogP contribution in [0.4, 0.5) is 0 Å². The van der Waals surface area contributed by atoms with Crippen molar-refractivity contribution in [2.45, 2.75) is 51.0 Å². The standard InChI is InChI=1S/C18H28N2/c1-15-7-4-5-11-20(15)12-6-10-19-14-17-13-16-8-2-3-9-18(16)17/h2-3,8-9,15,17,19H,4-7,10-14H2,1H3. The van der Waals surface area contributed by atoms with Crippen molar-refractivity contribution in [3.63, 3.8) is 0 Å². The summed E-state index contributed by atoms with van der Waals surface area (Å²) in [5.41, 5.74) is 3.13. The van der Waals surface area contributed by atoms with Crippen molar-refractivity contribution in [2.24, 2.45) is 0 Å². The summed E-state index contributed by atoms with van der Waals surface area (Å²) < 4.78 is 0. The molecule has 1 heterocycles. The van der Waals surface area contributed by atoms with E-state index in [1.807, 2.05) is 0 Å². The van der Waals surface area contributed by atoms with E-state index < -0.39 is 0 Å². The lowest BCUT2D eigenvalue weighted by atomic mass is 9.77. The molecule has 1 aromatic carbocycles. The largest absolute Gasteiger partial charge is 0.316 e. The van der Waals surface area contributed by atoms with Crippen molar-refractivity contribution in [1.29, 1.82) is 0 Å². The first-order valence-electron chi connectivity index (χ1n) is 8.37. The zero-order chi connectivity index (χ0) is 13.8. The molecule has 0 amide bonds. The zero-order valence-corrected chi connectivity index (χ0v) is 12.8. The Hall–Kier alpha value is -0.860. The second-order valence-electron chi connectivity index (χ2n) is 6.54. The second kappa shape index (κ2) is 6.73. The molecule has 0 bridgehead atoms. The first-order chi connectivity index (χ1) is 9.84. The van der Waals surface area contributed by atoms with Gasteiger partial charge in [0.25, 0.3) is 0 Å². The highest BCUT2D eigenvalue weighted by atomic mass is 15.2. The van der Waals surface area contributed by atoms with Gasteiger partial charge in [0.15, 0.2) is 0 Å². The van der Waals surface area contributed by atoms with Gasteiger partial charge < -0.3 is 10.2 Å². The summed E-state index contributed by atoms with van der Waals surface area (Å²) in [5, 5.41) is 3.66. The van der Waals surface area contributed by atoms with Crippen LogP contribution in [0.3, 0.4) is 0 Å².